The smallest absolute Gasteiger partial charge is 0.165 e. The van der Waals surface area contributed by atoms with Crippen molar-refractivity contribution in [3.63, 3.8) is 0 Å². The molecule has 0 bridgehead atoms. The molecule has 0 atom stereocenters. The summed E-state index contributed by atoms with van der Waals surface area (Å²) in [5, 5.41) is 5.54. The number of fused-ring (bicyclic) bond motifs is 1. The third-order valence-corrected chi connectivity index (χ3v) is 4.23. The van der Waals surface area contributed by atoms with Crippen molar-refractivity contribution in [1.82, 2.24) is 4.98 Å². The highest BCUT2D eigenvalue weighted by atomic mass is 32.2. The topological polar surface area (TPSA) is 38.9 Å². The van der Waals surface area contributed by atoms with Crippen LogP contribution >= 0.6 is 23.3 Å². The number of nitrogens with two attached hydrogens (primary N) is 1. The van der Waals surface area contributed by atoms with Gasteiger partial charge in [-0.3, -0.25) is 5.14 Å². The van der Waals surface area contributed by atoms with Crippen molar-refractivity contribution in [2.24, 2.45) is 5.14 Å². The first-order valence-corrected chi connectivity index (χ1v) is 6.77. The van der Waals surface area contributed by atoms with Gasteiger partial charge in [0.1, 0.15) is 0 Å². The Morgan fingerprint density at radius 2 is 2.13 bits per heavy atom. The van der Waals surface area contributed by atoms with Crippen LogP contribution in [-0.2, 0) is 12.8 Å². The van der Waals surface area contributed by atoms with Crippen LogP contribution in [-0.4, -0.2) is 4.98 Å². The number of benzene rings is 1. The fourth-order valence-electron chi connectivity index (χ4n) is 1.85. The number of rotatable bonds is 3. The van der Waals surface area contributed by atoms with Gasteiger partial charge in [0.05, 0.1) is 10.2 Å². The van der Waals surface area contributed by atoms with Crippen molar-refractivity contribution in [3.8, 4) is 0 Å². The summed E-state index contributed by atoms with van der Waals surface area (Å²) in [5.74, 6) is 0. The monoisotopic (exact) mass is 238 g/mol. The van der Waals surface area contributed by atoms with Crippen molar-refractivity contribution < 1.29 is 0 Å². The minimum atomic E-state index is 0.952. The summed E-state index contributed by atoms with van der Waals surface area (Å²) in [6, 6.07) is 4.37. The van der Waals surface area contributed by atoms with Crippen LogP contribution in [0.1, 0.15) is 25.0 Å². The predicted molar refractivity (Wildman–Crippen MR) is 68.4 cm³/mol. The zero-order chi connectivity index (χ0) is 10.8. The molecule has 0 fully saturated rings. The summed E-state index contributed by atoms with van der Waals surface area (Å²) in [6.07, 6.45) is 2.11. The quantitative estimate of drug-likeness (QED) is 0.833. The lowest BCUT2D eigenvalue weighted by Gasteiger charge is -2.05. The molecule has 2 aromatic rings. The summed E-state index contributed by atoms with van der Waals surface area (Å²) in [4.78, 5) is 4.57. The van der Waals surface area contributed by atoms with Gasteiger partial charge in [-0.15, -0.1) is 11.3 Å². The second-order valence-corrected chi connectivity index (χ2v) is 5.27. The highest BCUT2D eigenvalue weighted by Gasteiger charge is 2.09. The zero-order valence-electron chi connectivity index (χ0n) is 8.91. The lowest BCUT2D eigenvalue weighted by molar-refractivity contribution is 1.04. The van der Waals surface area contributed by atoms with E-state index in [9.17, 15) is 0 Å². The van der Waals surface area contributed by atoms with Crippen LogP contribution in [0.3, 0.4) is 0 Å². The largest absolute Gasteiger partial charge is 0.272 e. The Kier molecular flexibility index (Phi) is 3.29. The Morgan fingerprint density at radius 3 is 2.73 bits per heavy atom. The standard InChI is InChI=1S/C11H14N2S2/c1-3-7-5-6-9-10(8(7)4-2)13-11(14-9)15-12/h5-6H,3-4,12H2,1-2H3. The van der Waals surface area contributed by atoms with Crippen LogP contribution in [0.25, 0.3) is 10.2 Å². The molecule has 4 heteroatoms. The zero-order valence-corrected chi connectivity index (χ0v) is 10.5. The molecule has 0 amide bonds. The van der Waals surface area contributed by atoms with Gasteiger partial charge in [0.2, 0.25) is 0 Å². The van der Waals surface area contributed by atoms with E-state index in [4.69, 9.17) is 5.14 Å². The fourth-order valence-corrected chi connectivity index (χ4v) is 3.18. The molecular weight excluding hydrogens is 224 g/mol. The number of aryl methyl sites for hydroxylation is 2. The predicted octanol–water partition coefficient (Wildman–Crippen LogP) is 3.39. The van der Waals surface area contributed by atoms with E-state index in [2.05, 4.69) is 31.0 Å². The molecule has 0 aliphatic heterocycles. The second kappa shape index (κ2) is 4.51. The summed E-state index contributed by atoms with van der Waals surface area (Å²) >= 11 is 2.91. The molecule has 1 heterocycles. The SMILES string of the molecule is CCc1ccc2sc(SN)nc2c1CC. The average Bonchev–Trinajstić information content (AvgIpc) is 2.70. The molecule has 2 nitrogen and oxygen atoms in total. The lowest BCUT2D eigenvalue weighted by atomic mass is 10.0. The Balaban J connectivity index is 2.69. The molecule has 15 heavy (non-hydrogen) atoms. The first-order chi connectivity index (χ1) is 7.30. The van der Waals surface area contributed by atoms with Crippen LogP contribution < -0.4 is 5.14 Å². The van der Waals surface area contributed by atoms with Gasteiger partial charge >= 0.3 is 0 Å². The van der Waals surface area contributed by atoms with Gasteiger partial charge in [0.25, 0.3) is 0 Å². The molecule has 0 saturated carbocycles. The Hall–Kier alpha value is -0.580. The molecule has 1 aromatic heterocycles. The molecule has 0 aliphatic carbocycles. The molecule has 0 spiro atoms. The Bertz CT molecular complexity index is 477. The van der Waals surface area contributed by atoms with E-state index in [1.54, 1.807) is 11.3 Å². The van der Waals surface area contributed by atoms with E-state index >= 15 is 0 Å². The fraction of sp³-hybridized carbons (Fsp3) is 0.364. The van der Waals surface area contributed by atoms with E-state index < -0.39 is 0 Å². The van der Waals surface area contributed by atoms with Crippen molar-refractivity contribution in [1.29, 1.82) is 0 Å². The highest BCUT2D eigenvalue weighted by Crippen LogP contribution is 2.31. The minimum absolute atomic E-state index is 0.952. The number of hydrogen-bond acceptors (Lipinski definition) is 4. The first kappa shape index (κ1) is 10.9. The number of nitrogens with zero attached hydrogens (tertiary/aromatic N) is 1. The first-order valence-electron chi connectivity index (χ1n) is 5.08. The minimum Gasteiger partial charge on any atom is -0.272 e. The van der Waals surface area contributed by atoms with Crippen molar-refractivity contribution in [2.75, 3.05) is 0 Å². The van der Waals surface area contributed by atoms with Crippen LogP contribution in [0.5, 0.6) is 0 Å². The molecule has 0 unspecified atom stereocenters. The Morgan fingerprint density at radius 1 is 1.33 bits per heavy atom. The summed E-state index contributed by atoms with van der Waals surface area (Å²) in [6.45, 7) is 4.37. The lowest BCUT2D eigenvalue weighted by Crippen LogP contribution is -1.92. The average molecular weight is 238 g/mol. The van der Waals surface area contributed by atoms with E-state index in [0.29, 0.717) is 0 Å². The molecule has 1 aromatic carbocycles. The summed E-state index contributed by atoms with van der Waals surface area (Å²) < 4.78 is 2.20. The van der Waals surface area contributed by atoms with Crippen LogP contribution in [0, 0.1) is 0 Å². The Labute approximate surface area is 98.0 Å². The van der Waals surface area contributed by atoms with E-state index in [0.717, 1.165) is 22.7 Å². The third kappa shape index (κ3) is 1.89. The molecule has 0 aliphatic rings. The normalized spacial score (nSPS) is 11.1. The van der Waals surface area contributed by atoms with Crippen molar-refractivity contribution in [2.45, 2.75) is 31.0 Å². The highest BCUT2D eigenvalue weighted by molar-refractivity contribution is 7.99. The van der Waals surface area contributed by atoms with E-state index in [-0.39, 0.29) is 0 Å². The van der Waals surface area contributed by atoms with Gasteiger partial charge in [0.15, 0.2) is 4.34 Å². The third-order valence-electron chi connectivity index (χ3n) is 2.58. The van der Waals surface area contributed by atoms with Gasteiger partial charge in [-0.05, 0) is 42.0 Å². The van der Waals surface area contributed by atoms with Crippen molar-refractivity contribution in [3.05, 3.63) is 23.3 Å². The molecule has 80 valence electrons. The molecule has 2 rings (SSSR count). The van der Waals surface area contributed by atoms with E-state index in [1.807, 2.05) is 0 Å². The maximum Gasteiger partial charge on any atom is 0.165 e. The van der Waals surface area contributed by atoms with Gasteiger partial charge in [0, 0.05) is 0 Å². The molecule has 0 saturated heterocycles. The van der Waals surface area contributed by atoms with Gasteiger partial charge < -0.3 is 0 Å². The van der Waals surface area contributed by atoms with Crippen LogP contribution in [0.2, 0.25) is 0 Å². The number of thiazole rings is 1. The second-order valence-electron chi connectivity index (χ2n) is 3.35. The molecule has 2 N–H and O–H groups in total. The van der Waals surface area contributed by atoms with Crippen LogP contribution in [0.15, 0.2) is 16.5 Å². The molecule has 0 radical (unpaired) electrons. The number of hydrogen-bond donors (Lipinski definition) is 1. The molecular formula is C11H14N2S2. The number of aromatic nitrogens is 1. The van der Waals surface area contributed by atoms with Crippen molar-refractivity contribution >= 4 is 33.5 Å². The maximum atomic E-state index is 5.54. The summed E-state index contributed by atoms with van der Waals surface area (Å²) in [7, 11) is 0. The van der Waals surface area contributed by atoms with E-state index in [1.165, 1.54) is 27.8 Å². The van der Waals surface area contributed by atoms with Crippen LogP contribution in [0.4, 0.5) is 0 Å². The van der Waals surface area contributed by atoms with Gasteiger partial charge in [-0.25, -0.2) is 4.98 Å². The maximum absolute atomic E-state index is 5.54. The van der Waals surface area contributed by atoms with Gasteiger partial charge in [-0.2, -0.15) is 0 Å². The van der Waals surface area contributed by atoms with Gasteiger partial charge in [-0.1, -0.05) is 19.9 Å². The summed E-state index contributed by atoms with van der Waals surface area (Å²) in [5.41, 5.74) is 3.94.